The zero-order chi connectivity index (χ0) is 15.1. The van der Waals surface area contributed by atoms with E-state index >= 15 is 0 Å². The summed E-state index contributed by atoms with van der Waals surface area (Å²) in [6, 6.07) is 3.20. The highest BCUT2D eigenvalue weighted by atomic mass is 16.5. The summed E-state index contributed by atoms with van der Waals surface area (Å²) in [4.78, 5) is 11.5. The van der Waals surface area contributed by atoms with Crippen molar-refractivity contribution in [2.24, 2.45) is 5.92 Å². The number of carbonyl (C=O) groups excluding carboxylic acids is 1. The van der Waals surface area contributed by atoms with Gasteiger partial charge in [-0.25, -0.2) is 4.79 Å². The smallest absolute Gasteiger partial charge is 0.330 e. The number of hydrogen-bond acceptors (Lipinski definition) is 5. The van der Waals surface area contributed by atoms with Crippen LogP contribution >= 0.6 is 0 Å². The largest absolute Gasteiger partial charge is 0.502 e. The zero-order valence-corrected chi connectivity index (χ0v) is 12.2. The molecule has 1 N–H and O–H groups in total. The zero-order valence-electron chi connectivity index (χ0n) is 12.2. The second kappa shape index (κ2) is 7.43. The molecule has 0 radical (unpaired) electrons. The molecule has 1 aromatic carbocycles. The summed E-state index contributed by atoms with van der Waals surface area (Å²) >= 11 is 0. The molecule has 0 saturated heterocycles. The number of methoxy groups -OCH3 is 2. The molecular formula is C15H20O5. The Hall–Kier alpha value is -2.17. The molecule has 5 heteroatoms. The Morgan fingerprint density at radius 2 is 1.80 bits per heavy atom. The highest BCUT2D eigenvalue weighted by Crippen LogP contribution is 2.37. The Morgan fingerprint density at radius 1 is 1.25 bits per heavy atom. The van der Waals surface area contributed by atoms with Crippen LogP contribution in [0.25, 0.3) is 6.08 Å². The van der Waals surface area contributed by atoms with Crippen LogP contribution in [-0.2, 0) is 9.53 Å². The molecule has 0 amide bonds. The number of ether oxygens (including phenoxy) is 3. The average Bonchev–Trinajstić information content (AvgIpc) is 2.43. The summed E-state index contributed by atoms with van der Waals surface area (Å²) < 4.78 is 15.1. The molecule has 0 bridgehead atoms. The fraction of sp³-hybridized carbons (Fsp3) is 0.400. The van der Waals surface area contributed by atoms with E-state index in [9.17, 15) is 9.90 Å². The van der Waals surface area contributed by atoms with Gasteiger partial charge < -0.3 is 19.3 Å². The maximum absolute atomic E-state index is 11.5. The Kier molecular flexibility index (Phi) is 5.90. The van der Waals surface area contributed by atoms with Crippen molar-refractivity contribution in [1.29, 1.82) is 0 Å². The van der Waals surface area contributed by atoms with Gasteiger partial charge in [0.25, 0.3) is 0 Å². The number of carbonyl (C=O) groups is 1. The lowest BCUT2D eigenvalue weighted by Crippen LogP contribution is -2.06. The minimum Gasteiger partial charge on any atom is -0.502 e. The highest BCUT2D eigenvalue weighted by Gasteiger charge is 2.10. The predicted octanol–water partition coefficient (Wildman–Crippen LogP) is 2.62. The van der Waals surface area contributed by atoms with Crippen molar-refractivity contribution in [2.75, 3.05) is 20.8 Å². The molecule has 0 atom stereocenters. The van der Waals surface area contributed by atoms with E-state index in [1.54, 1.807) is 18.2 Å². The lowest BCUT2D eigenvalue weighted by molar-refractivity contribution is -0.138. The van der Waals surface area contributed by atoms with Gasteiger partial charge in [0.05, 0.1) is 20.8 Å². The van der Waals surface area contributed by atoms with Crippen LogP contribution in [0.1, 0.15) is 19.4 Å². The normalized spacial score (nSPS) is 10.8. The standard InChI is InChI=1S/C15H20O5/c1-10(2)9-20-14(16)6-5-11-7-12(18-3)15(17)13(8-11)19-4/h5-8,10,17H,9H2,1-4H3/b6-5+. The molecule has 1 aromatic rings. The highest BCUT2D eigenvalue weighted by molar-refractivity contribution is 5.87. The first-order valence-electron chi connectivity index (χ1n) is 6.27. The van der Waals surface area contributed by atoms with Crippen molar-refractivity contribution in [3.8, 4) is 17.2 Å². The van der Waals surface area contributed by atoms with Gasteiger partial charge in [-0.05, 0) is 29.7 Å². The fourth-order valence-corrected chi connectivity index (χ4v) is 1.47. The molecule has 20 heavy (non-hydrogen) atoms. The summed E-state index contributed by atoms with van der Waals surface area (Å²) in [6.07, 6.45) is 2.90. The summed E-state index contributed by atoms with van der Waals surface area (Å²) in [6.45, 7) is 4.31. The maximum atomic E-state index is 11.5. The molecule has 0 fully saturated rings. The van der Waals surface area contributed by atoms with Crippen LogP contribution in [0.4, 0.5) is 0 Å². The lowest BCUT2D eigenvalue weighted by Gasteiger charge is -2.09. The first-order chi connectivity index (χ1) is 9.47. The predicted molar refractivity (Wildman–Crippen MR) is 76.0 cm³/mol. The van der Waals surface area contributed by atoms with E-state index in [1.807, 2.05) is 13.8 Å². The second-order valence-corrected chi connectivity index (χ2v) is 4.63. The van der Waals surface area contributed by atoms with Crippen LogP contribution in [0.5, 0.6) is 17.2 Å². The van der Waals surface area contributed by atoms with Gasteiger partial charge in [0, 0.05) is 6.08 Å². The van der Waals surface area contributed by atoms with Crippen molar-refractivity contribution in [1.82, 2.24) is 0 Å². The third-order valence-electron chi connectivity index (χ3n) is 2.47. The first-order valence-corrected chi connectivity index (χ1v) is 6.27. The molecular weight excluding hydrogens is 260 g/mol. The minimum atomic E-state index is -0.412. The van der Waals surface area contributed by atoms with Crippen molar-refractivity contribution in [3.63, 3.8) is 0 Å². The molecule has 0 spiro atoms. The van der Waals surface area contributed by atoms with E-state index in [-0.39, 0.29) is 17.2 Å². The summed E-state index contributed by atoms with van der Waals surface area (Å²) in [5.74, 6) is 0.361. The van der Waals surface area contributed by atoms with Crippen LogP contribution in [0, 0.1) is 5.92 Å². The summed E-state index contributed by atoms with van der Waals surface area (Å²) in [7, 11) is 2.89. The average molecular weight is 280 g/mol. The monoisotopic (exact) mass is 280 g/mol. The van der Waals surface area contributed by atoms with Crippen LogP contribution in [0.2, 0.25) is 0 Å². The Morgan fingerprint density at radius 3 is 2.25 bits per heavy atom. The van der Waals surface area contributed by atoms with Gasteiger partial charge in [-0.15, -0.1) is 0 Å². The van der Waals surface area contributed by atoms with Gasteiger partial charge in [-0.2, -0.15) is 0 Å². The number of aromatic hydroxyl groups is 1. The number of phenols is 1. The molecule has 0 aromatic heterocycles. The molecule has 0 aliphatic heterocycles. The lowest BCUT2D eigenvalue weighted by atomic mass is 10.1. The van der Waals surface area contributed by atoms with E-state index in [0.717, 1.165) is 0 Å². The van der Waals surface area contributed by atoms with E-state index in [4.69, 9.17) is 14.2 Å². The number of rotatable bonds is 6. The van der Waals surface area contributed by atoms with Crippen molar-refractivity contribution in [2.45, 2.75) is 13.8 Å². The molecule has 0 saturated carbocycles. The molecule has 1 rings (SSSR count). The third-order valence-corrected chi connectivity index (χ3v) is 2.47. The van der Waals surface area contributed by atoms with Gasteiger partial charge in [0.1, 0.15) is 0 Å². The van der Waals surface area contributed by atoms with E-state index in [1.165, 1.54) is 20.3 Å². The molecule has 0 aliphatic carbocycles. The molecule has 0 unspecified atom stereocenters. The van der Waals surface area contributed by atoms with Gasteiger partial charge in [0.2, 0.25) is 5.75 Å². The van der Waals surface area contributed by atoms with Crippen LogP contribution in [-0.4, -0.2) is 31.9 Å². The van der Waals surface area contributed by atoms with E-state index < -0.39 is 5.97 Å². The Bertz CT molecular complexity index is 466. The van der Waals surface area contributed by atoms with E-state index in [2.05, 4.69) is 0 Å². The van der Waals surface area contributed by atoms with Crippen LogP contribution < -0.4 is 9.47 Å². The van der Waals surface area contributed by atoms with Crippen molar-refractivity contribution in [3.05, 3.63) is 23.8 Å². The van der Waals surface area contributed by atoms with Crippen molar-refractivity contribution < 1.29 is 24.1 Å². The SMILES string of the molecule is COc1cc(/C=C/C(=O)OCC(C)C)cc(OC)c1O. The number of esters is 1. The maximum Gasteiger partial charge on any atom is 0.330 e. The molecule has 5 nitrogen and oxygen atoms in total. The first kappa shape index (κ1) is 15.9. The Balaban J connectivity index is 2.84. The Labute approximate surface area is 118 Å². The minimum absolute atomic E-state index is 0.0745. The fourth-order valence-electron chi connectivity index (χ4n) is 1.47. The second-order valence-electron chi connectivity index (χ2n) is 4.63. The summed E-state index contributed by atoms with van der Waals surface area (Å²) in [5.41, 5.74) is 0.665. The van der Waals surface area contributed by atoms with Gasteiger partial charge in [-0.3, -0.25) is 0 Å². The van der Waals surface area contributed by atoms with Gasteiger partial charge >= 0.3 is 5.97 Å². The molecule has 0 heterocycles. The van der Waals surface area contributed by atoms with E-state index in [0.29, 0.717) is 18.1 Å². The number of benzene rings is 1. The van der Waals surface area contributed by atoms with Crippen LogP contribution in [0.15, 0.2) is 18.2 Å². The van der Waals surface area contributed by atoms with Crippen molar-refractivity contribution >= 4 is 12.0 Å². The van der Waals surface area contributed by atoms with Gasteiger partial charge in [-0.1, -0.05) is 13.8 Å². The number of phenolic OH excluding ortho intramolecular Hbond substituents is 1. The third kappa shape index (κ3) is 4.50. The quantitative estimate of drug-likeness (QED) is 0.641. The van der Waals surface area contributed by atoms with Gasteiger partial charge in [0.15, 0.2) is 11.5 Å². The topological polar surface area (TPSA) is 65.0 Å². The molecule has 110 valence electrons. The molecule has 0 aliphatic rings. The summed E-state index contributed by atoms with van der Waals surface area (Å²) in [5, 5.41) is 9.77. The van der Waals surface area contributed by atoms with Crippen LogP contribution in [0.3, 0.4) is 0 Å². The number of hydrogen-bond donors (Lipinski definition) is 1.